The van der Waals surface area contributed by atoms with Gasteiger partial charge in [-0.25, -0.2) is 15.0 Å². The van der Waals surface area contributed by atoms with E-state index in [4.69, 9.17) is 25.8 Å². The number of nitrogens with two attached hydrogens (primary N) is 1. The number of rotatable bonds is 10. The molecule has 0 saturated carbocycles. The van der Waals surface area contributed by atoms with Crippen molar-refractivity contribution in [1.82, 2.24) is 19.5 Å². The predicted molar refractivity (Wildman–Crippen MR) is 107 cm³/mol. The van der Waals surface area contributed by atoms with Crippen molar-refractivity contribution in [2.75, 3.05) is 31.0 Å². The summed E-state index contributed by atoms with van der Waals surface area (Å²) < 4.78 is 7.51. The van der Waals surface area contributed by atoms with Gasteiger partial charge in [0.25, 0.3) is 0 Å². The smallest absolute Gasteiger partial charge is 0.165 e. The molecule has 2 rings (SSSR count). The fraction of sp³-hybridized carbons (Fsp3) is 0.706. The Bertz CT molecular complexity index is 656. The number of thioether (sulfide) groups is 1. The average molecular weight is 402 g/mol. The number of hydrogen-bond acceptors (Lipinski definition) is 9. The van der Waals surface area contributed by atoms with Gasteiger partial charge in [0.05, 0.1) is 12.4 Å². The Labute approximate surface area is 164 Å². The van der Waals surface area contributed by atoms with Crippen molar-refractivity contribution in [3.8, 4) is 0 Å². The number of nitrogens with zero attached hydrogens (tertiary/aromatic N) is 4. The first-order valence-corrected chi connectivity index (χ1v) is 9.99. The van der Waals surface area contributed by atoms with Crippen LogP contribution >= 0.6 is 11.8 Å². The van der Waals surface area contributed by atoms with Crippen LogP contribution in [0.4, 0.5) is 5.82 Å². The SMILES string of the molecule is CC(C)(O)O.COC(CCn1cnc2c(N)ncnc21)CSCCCCO. The van der Waals surface area contributed by atoms with Gasteiger partial charge in [-0.3, -0.25) is 0 Å². The summed E-state index contributed by atoms with van der Waals surface area (Å²) in [5.74, 6) is 0.913. The van der Waals surface area contributed by atoms with Gasteiger partial charge < -0.3 is 30.4 Å². The fourth-order valence-electron chi connectivity index (χ4n) is 2.15. The fourth-order valence-corrected chi connectivity index (χ4v) is 3.29. The second kappa shape index (κ2) is 12.1. The molecule has 0 saturated heterocycles. The van der Waals surface area contributed by atoms with Crippen LogP contribution in [0.3, 0.4) is 0 Å². The summed E-state index contributed by atoms with van der Waals surface area (Å²) in [7, 11) is 1.74. The maximum absolute atomic E-state index is 8.75. The first-order valence-electron chi connectivity index (χ1n) is 8.83. The van der Waals surface area contributed by atoms with Crippen molar-refractivity contribution in [2.24, 2.45) is 0 Å². The zero-order valence-electron chi connectivity index (χ0n) is 16.2. The molecule has 0 radical (unpaired) electrons. The van der Waals surface area contributed by atoms with Crippen LogP contribution in [0.5, 0.6) is 0 Å². The molecule has 0 aromatic carbocycles. The zero-order valence-corrected chi connectivity index (χ0v) is 17.0. The standard InChI is InChI=1S/C14H23N5O2S.C3H8O2/c1-21-11(8-22-7-3-2-6-20)4-5-19-10-18-12-13(15)16-9-17-14(12)19;1-3(2,4)5/h9-11,20H,2-8H2,1H3,(H2,15,16,17);4-5H,1-2H3. The number of aryl methyl sites for hydroxylation is 1. The number of aliphatic hydroxyl groups excluding tert-OH is 1. The highest BCUT2D eigenvalue weighted by Gasteiger charge is 2.11. The highest BCUT2D eigenvalue weighted by atomic mass is 32.2. The summed E-state index contributed by atoms with van der Waals surface area (Å²) in [6.07, 6.45) is 6.19. The Kier molecular flexibility index (Phi) is 10.6. The Balaban J connectivity index is 0.000000646. The number of anilines is 1. The molecule has 1 atom stereocenters. The minimum Gasteiger partial charge on any atom is -0.396 e. The molecular formula is C17H31N5O4S. The maximum atomic E-state index is 8.75. The van der Waals surface area contributed by atoms with Crippen molar-refractivity contribution in [3.63, 3.8) is 0 Å². The summed E-state index contributed by atoms with van der Waals surface area (Å²) in [6, 6.07) is 0. The Morgan fingerprint density at radius 2 is 1.96 bits per heavy atom. The van der Waals surface area contributed by atoms with Crippen LogP contribution in [0, 0.1) is 0 Å². The van der Waals surface area contributed by atoms with E-state index < -0.39 is 5.79 Å². The second-order valence-corrected chi connectivity index (χ2v) is 7.67. The molecule has 2 aromatic heterocycles. The van der Waals surface area contributed by atoms with Crippen LogP contribution < -0.4 is 5.73 Å². The van der Waals surface area contributed by atoms with Crippen molar-refractivity contribution in [2.45, 2.75) is 51.5 Å². The van der Waals surface area contributed by atoms with Crippen LogP contribution in [0.1, 0.15) is 33.1 Å². The number of fused-ring (bicyclic) bond motifs is 1. The van der Waals surface area contributed by atoms with Gasteiger partial charge in [-0.15, -0.1) is 0 Å². The lowest BCUT2D eigenvalue weighted by atomic mass is 10.3. The molecule has 0 fully saturated rings. The van der Waals surface area contributed by atoms with Gasteiger partial charge in [-0.05, 0) is 38.9 Å². The minimum absolute atomic E-state index is 0.191. The van der Waals surface area contributed by atoms with E-state index in [9.17, 15) is 0 Å². The van der Waals surface area contributed by atoms with Crippen molar-refractivity contribution >= 4 is 28.7 Å². The van der Waals surface area contributed by atoms with Gasteiger partial charge >= 0.3 is 0 Å². The molecule has 0 amide bonds. The summed E-state index contributed by atoms with van der Waals surface area (Å²) in [5, 5.41) is 24.9. The third kappa shape index (κ3) is 9.87. The topological polar surface area (TPSA) is 140 Å². The van der Waals surface area contributed by atoms with Crippen molar-refractivity contribution < 1.29 is 20.1 Å². The van der Waals surface area contributed by atoms with Gasteiger partial charge in [0.15, 0.2) is 17.3 Å². The van der Waals surface area contributed by atoms with Gasteiger partial charge in [0, 0.05) is 26.0 Å². The molecule has 2 heterocycles. The lowest BCUT2D eigenvalue weighted by Crippen LogP contribution is -2.17. The van der Waals surface area contributed by atoms with E-state index in [2.05, 4.69) is 15.0 Å². The van der Waals surface area contributed by atoms with E-state index in [1.807, 2.05) is 16.3 Å². The van der Waals surface area contributed by atoms with Crippen molar-refractivity contribution in [3.05, 3.63) is 12.7 Å². The lowest BCUT2D eigenvalue weighted by Gasteiger charge is -2.15. The van der Waals surface area contributed by atoms with E-state index in [0.29, 0.717) is 11.3 Å². The third-order valence-corrected chi connectivity index (χ3v) is 4.64. The van der Waals surface area contributed by atoms with E-state index >= 15 is 0 Å². The molecule has 0 bridgehead atoms. The zero-order chi connectivity index (χ0) is 20.3. The van der Waals surface area contributed by atoms with Crippen LogP contribution in [0.15, 0.2) is 12.7 Å². The number of aliphatic hydroxyl groups is 3. The highest BCUT2D eigenvalue weighted by Crippen LogP contribution is 2.16. The molecule has 0 aliphatic heterocycles. The molecule has 9 nitrogen and oxygen atoms in total. The van der Waals surface area contributed by atoms with E-state index in [1.54, 1.807) is 13.4 Å². The van der Waals surface area contributed by atoms with E-state index in [-0.39, 0.29) is 12.7 Å². The number of imidazole rings is 1. The van der Waals surface area contributed by atoms with Gasteiger partial charge in [-0.2, -0.15) is 11.8 Å². The van der Waals surface area contributed by atoms with E-state index in [0.717, 1.165) is 43.0 Å². The highest BCUT2D eigenvalue weighted by molar-refractivity contribution is 7.99. The van der Waals surface area contributed by atoms with Crippen LogP contribution in [0.25, 0.3) is 11.2 Å². The van der Waals surface area contributed by atoms with Gasteiger partial charge in [-0.1, -0.05) is 0 Å². The minimum atomic E-state index is -1.50. The lowest BCUT2D eigenvalue weighted by molar-refractivity contribution is -0.127. The molecule has 5 N–H and O–H groups in total. The number of nitrogen functional groups attached to an aromatic ring is 1. The summed E-state index contributed by atoms with van der Waals surface area (Å²) in [5.41, 5.74) is 7.19. The molecule has 1 unspecified atom stereocenters. The Hall–Kier alpha value is -1.46. The molecule has 0 aliphatic rings. The normalized spacial score (nSPS) is 12.7. The summed E-state index contributed by atoms with van der Waals surface area (Å²) in [4.78, 5) is 12.4. The molecule has 2 aromatic rings. The first-order chi connectivity index (χ1) is 12.8. The Morgan fingerprint density at radius 1 is 1.26 bits per heavy atom. The summed E-state index contributed by atoms with van der Waals surface area (Å²) >= 11 is 1.86. The Morgan fingerprint density at radius 3 is 2.59 bits per heavy atom. The predicted octanol–water partition coefficient (Wildman–Crippen LogP) is 1.03. The monoisotopic (exact) mass is 401 g/mol. The van der Waals surface area contributed by atoms with Gasteiger partial charge in [0.1, 0.15) is 11.8 Å². The van der Waals surface area contributed by atoms with Crippen molar-refractivity contribution in [1.29, 1.82) is 0 Å². The van der Waals surface area contributed by atoms with Gasteiger partial charge in [0.2, 0.25) is 0 Å². The molecule has 154 valence electrons. The van der Waals surface area contributed by atoms with Crippen LogP contribution in [0.2, 0.25) is 0 Å². The molecule has 10 heteroatoms. The largest absolute Gasteiger partial charge is 0.396 e. The average Bonchev–Trinajstić information content (AvgIpc) is 3.00. The second-order valence-electron chi connectivity index (χ2n) is 6.52. The maximum Gasteiger partial charge on any atom is 0.165 e. The molecular weight excluding hydrogens is 370 g/mol. The number of hydrogen-bond donors (Lipinski definition) is 4. The number of unbranched alkanes of at least 4 members (excludes halogenated alkanes) is 1. The number of aromatic nitrogens is 4. The molecule has 0 aliphatic carbocycles. The third-order valence-electron chi connectivity index (χ3n) is 3.46. The first kappa shape index (κ1) is 23.6. The van der Waals surface area contributed by atoms with Crippen LogP contribution in [-0.4, -0.2) is 72.0 Å². The molecule has 27 heavy (non-hydrogen) atoms. The summed E-state index contributed by atoms with van der Waals surface area (Å²) in [6.45, 7) is 3.65. The van der Waals surface area contributed by atoms with Crippen LogP contribution in [-0.2, 0) is 11.3 Å². The number of methoxy groups -OCH3 is 1. The molecule has 0 spiro atoms. The quantitative estimate of drug-likeness (QED) is 0.339. The number of ether oxygens (including phenoxy) is 1. The van der Waals surface area contributed by atoms with E-state index in [1.165, 1.54) is 20.2 Å².